The van der Waals surface area contributed by atoms with Gasteiger partial charge in [-0.3, -0.25) is 14.4 Å². The number of carbonyl (C=O) groups excluding carboxylic acids is 4. The third-order valence-corrected chi connectivity index (χ3v) is 6.92. The quantitative estimate of drug-likeness (QED) is 0.326. The van der Waals surface area contributed by atoms with Gasteiger partial charge in [0.25, 0.3) is 0 Å². The summed E-state index contributed by atoms with van der Waals surface area (Å²) in [6.07, 6.45) is 2.26. The van der Waals surface area contributed by atoms with Gasteiger partial charge < -0.3 is 31.1 Å². The number of likely N-dealkylation sites (tertiary alicyclic amines) is 1. The molecule has 0 unspecified atom stereocenters. The van der Waals surface area contributed by atoms with Crippen LogP contribution in [0.2, 0.25) is 0 Å². The number of carbonyl (C=O) groups is 4. The van der Waals surface area contributed by atoms with Gasteiger partial charge in [-0.15, -0.1) is 0 Å². The summed E-state index contributed by atoms with van der Waals surface area (Å²) in [5.74, 6) is -0.560. The van der Waals surface area contributed by atoms with E-state index in [2.05, 4.69) is 21.3 Å². The number of nitrogens with zero attached hydrogens (tertiary/aromatic N) is 2. The average Bonchev–Trinajstić information content (AvgIpc) is 3.35. The van der Waals surface area contributed by atoms with Crippen LogP contribution in [0.25, 0.3) is 0 Å². The second-order valence-electron chi connectivity index (χ2n) is 10.9. The molecule has 0 bridgehead atoms. The van der Waals surface area contributed by atoms with Crippen molar-refractivity contribution < 1.29 is 19.2 Å². The highest BCUT2D eigenvalue weighted by molar-refractivity contribution is 5.90. The van der Waals surface area contributed by atoms with Gasteiger partial charge in [0.05, 0.1) is 12.6 Å². The van der Waals surface area contributed by atoms with Crippen LogP contribution < -0.4 is 21.3 Å². The van der Waals surface area contributed by atoms with Crippen LogP contribution in [-0.4, -0.2) is 91.4 Å². The highest BCUT2D eigenvalue weighted by Crippen LogP contribution is 2.26. The lowest BCUT2D eigenvalue weighted by atomic mass is 9.85. The minimum absolute atomic E-state index is 0.121. The molecule has 1 saturated heterocycles. The molecule has 1 aliphatic rings. The van der Waals surface area contributed by atoms with E-state index in [1.165, 1.54) is 0 Å². The Bertz CT molecular complexity index is 933. The van der Waals surface area contributed by atoms with Gasteiger partial charge in [0.2, 0.25) is 17.7 Å². The molecule has 1 aromatic carbocycles. The second kappa shape index (κ2) is 14.7. The molecular formula is C28H46N6O4. The molecule has 1 aliphatic heterocycles. The van der Waals surface area contributed by atoms with E-state index in [4.69, 9.17) is 0 Å². The minimum Gasteiger partial charge on any atom is -0.342 e. The zero-order valence-electron chi connectivity index (χ0n) is 23.8. The summed E-state index contributed by atoms with van der Waals surface area (Å²) in [6.45, 7) is 11.1. The average molecular weight is 531 g/mol. The minimum atomic E-state index is -0.695. The number of hydrogen-bond acceptors (Lipinski definition) is 5. The predicted octanol–water partition coefficient (Wildman–Crippen LogP) is 1.51. The standard InChI is InChI=1S/C28H46N6O4/c1-7-30-27(38)31-18-23(35)33(17-15-21-12-9-8-10-13-21)19-22-14-11-16-34(22)26(37)24(28(3,4)5)32-25(36)20(2)29-6/h8-10,12-13,20,22,24,29H,7,11,14-19H2,1-6H3,(H,32,36)(H2,30,31,38)/t20-,22-,24+/m0/s1. The fraction of sp³-hybridized carbons (Fsp3) is 0.643. The Balaban J connectivity index is 2.18. The van der Waals surface area contributed by atoms with Crippen LogP contribution >= 0.6 is 0 Å². The number of benzene rings is 1. The zero-order valence-corrected chi connectivity index (χ0v) is 23.8. The molecule has 0 aliphatic carbocycles. The highest BCUT2D eigenvalue weighted by Gasteiger charge is 2.40. The molecule has 4 N–H and O–H groups in total. The van der Waals surface area contributed by atoms with Gasteiger partial charge in [-0.1, -0.05) is 51.1 Å². The summed E-state index contributed by atoms with van der Waals surface area (Å²) in [7, 11) is 1.70. The molecule has 5 amide bonds. The van der Waals surface area contributed by atoms with Crippen molar-refractivity contribution in [1.29, 1.82) is 0 Å². The SMILES string of the molecule is CCNC(=O)NCC(=O)N(CCc1ccccc1)C[C@@H]1CCCN1C(=O)[C@@H](NC(=O)[C@H](C)NC)C(C)(C)C. The van der Waals surface area contributed by atoms with Gasteiger partial charge in [-0.2, -0.15) is 0 Å². The summed E-state index contributed by atoms with van der Waals surface area (Å²) in [5, 5.41) is 11.1. The maximum Gasteiger partial charge on any atom is 0.315 e. The predicted molar refractivity (Wildman–Crippen MR) is 148 cm³/mol. The zero-order chi connectivity index (χ0) is 28.3. The van der Waals surface area contributed by atoms with E-state index < -0.39 is 17.5 Å². The second-order valence-corrected chi connectivity index (χ2v) is 10.9. The normalized spacial score (nSPS) is 16.9. The first-order chi connectivity index (χ1) is 18.0. The number of urea groups is 1. The lowest BCUT2D eigenvalue weighted by molar-refractivity contribution is -0.142. The number of likely N-dealkylation sites (N-methyl/N-ethyl adjacent to an activating group) is 1. The number of nitrogens with one attached hydrogen (secondary N) is 4. The third kappa shape index (κ3) is 9.31. The van der Waals surface area contributed by atoms with Crippen molar-refractivity contribution >= 4 is 23.8 Å². The Hall–Kier alpha value is -3.14. The van der Waals surface area contributed by atoms with Crippen molar-refractivity contribution in [3.63, 3.8) is 0 Å². The molecule has 3 atom stereocenters. The Kier molecular flexibility index (Phi) is 12.0. The Morgan fingerprint density at radius 1 is 1.11 bits per heavy atom. The van der Waals surface area contributed by atoms with E-state index in [1.807, 2.05) is 62.9 Å². The first-order valence-corrected chi connectivity index (χ1v) is 13.6. The first kappa shape index (κ1) is 31.1. The molecule has 0 radical (unpaired) electrons. The van der Waals surface area contributed by atoms with Gasteiger partial charge in [0.1, 0.15) is 6.04 Å². The van der Waals surface area contributed by atoms with Crippen molar-refractivity contribution in [1.82, 2.24) is 31.1 Å². The van der Waals surface area contributed by atoms with Crippen LogP contribution in [0.15, 0.2) is 30.3 Å². The van der Waals surface area contributed by atoms with Crippen molar-refractivity contribution in [3.05, 3.63) is 35.9 Å². The summed E-state index contributed by atoms with van der Waals surface area (Å²) >= 11 is 0. The van der Waals surface area contributed by atoms with Crippen molar-refractivity contribution in [2.45, 2.75) is 72.0 Å². The van der Waals surface area contributed by atoms with Crippen LogP contribution in [0.1, 0.15) is 53.0 Å². The van der Waals surface area contributed by atoms with Crippen LogP contribution in [0.4, 0.5) is 4.79 Å². The molecule has 10 heteroatoms. The summed E-state index contributed by atoms with van der Waals surface area (Å²) in [4.78, 5) is 55.1. The summed E-state index contributed by atoms with van der Waals surface area (Å²) in [5.41, 5.74) is 0.614. The third-order valence-electron chi connectivity index (χ3n) is 6.92. The van der Waals surface area contributed by atoms with Crippen molar-refractivity contribution in [2.75, 3.05) is 39.8 Å². The molecule has 1 aromatic rings. The van der Waals surface area contributed by atoms with E-state index in [-0.39, 0.29) is 36.3 Å². The molecule has 1 heterocycles. The van der Waals surface area contributed by atoms with Crippen molar-refractivity contribution in [2.24, 2.45) is 5.41 Å². The summed E-state index contributed by atoms with van der Waals surface area (Å²) < 4.78 is 0. The Morgan fingerprint density at radius 3 is 2.39 bits per heavy atom. The van der Waals surface area contributed by atoms with Gasteiger partial charge in [-0.05, 0) is 51.1 Å². The molecule has 0 spiro atoms. The maximum absolute atomic E-state index is 13.8. The van der Waals surface area contributed by atoms with E-state index in [0.717, 1.165) is 18.4 Å². The molecule has 212 valence electrons. The fourth-order valence-electron chi connectivity index (χ4n) is 4.50. The van der Waals surface area contributed by atoms with Crippen LogP contribution in [0.3, 0.4) is 0 Å². The number of rotatable bonds is 12. The molecule has 0 saturated carbocycles. The van der Waals surface area contributed by atoms with Gasteiger partial charge in [0.15, 0.2) is 0 Å². The summed E-state index contributed by atoms with van der Waals surface area (Å²) in [6, 6.07) is 8.23. The van der Waals surface area contributed by atoms with E-state index in [1.54, 1.807) is 18.9 Å². The van der Waals surface area contributed by atoms with E-state index in [9.17, 15) is 19.2 Å². The number of amides is 5. The Morgan fingerprint density at radius 2 is 1.79 bits per heavy atom. The maximum atomic E-state index is 13.8. The number of hydrogen-bond donors (Lipinski definition) is 4. The highest BCUT2D eigenvalue weighted by atomic mass is 16.2. The smallest absolute Gasteiger partial charge is 0.315 e. The largest absolute Gasteiger partial charge is 0.342 e. The van der Waals surface area contributed by atoms with Gasteiger partial charge in [0, 0.05) is 32.2 Å². The molecule has 10 nitrogen and oxygen atoms in total. The van der Waals surface area contributed by atoms with E-state index >= 15 is 0 Å². The van der Waals surface area contributed by atoms with Crippen molar-refractivity contribution in [3.8, 4) is 0 Å². The topological polar surface area (TPSA) is 123 Å². The van der Waals surface area contributed by atoms with E-state index in [0.29, 0.717) is 32.6 Å². The molecule has 2 rings (SSSR count). The fourth-order valence-corrected chi connectivity index (χ4v) is 4.50. The van der Waals surface area contributed by atoms with Crippen LogP contribution in [-0.2, 0) is 20.8 Å². The molecule has 38 heavy (non-hydrogen) atoms. The van der Waals surface area contributed by atoms with Crippen LogP contribution in [0.5, 0.6) is 0 Å². The van der Waals surface area contributed by atoms with Gasteiger partial charge >= 0.3 is 6.03 Å². The monoisotopic (exact) mass is 530 g/mol. The first-order valence-electron chi connectivity index (χ1n) is 13.6. The van der Waals surface area contributed by atoms with Crippen LogP contribution in [0, 0.1) is 5.41 Å². The lowest BCUT2D eigenvalue weighted by Gasteiger charge is -2.37. The Labute approximate surface area is 227 Å². The molecule has 1 fully saturated rings. The molecular weight excluding hydrogens is 484 g/mol. The van der Waals surface area contributed by atoms with Gasteiger partial charge in [-0.25, -0.2) is 4.79 Å². The lowest BCUT2D eigenvalue weighted by Crippen LogP contribution is -2.59. The molecule has 0 aromatic heterocycles.